The molecule has 1 N–H and O–H groups in total. The fraction of sp³-hybridized carbons (Fsp3) is 0.471. The predicted molar refractivity (Wildman–Crippen MR) is 86.4 cm³/mol. The second-order valence-electron chi connectivity index (χ2n) is 6.74. The van der Waals surface area contributed by atoms with Crippen molar-refractivity contribution < 1.29 is 14.3 Å². The highest BCUT2D eigenvalue weighted by Crippen LogP contribution is 2.59. The maximum Gasteiger partial charge on any atom is 0.231 e. The number of halogens is 1. The summed E-state index contributed by atoms with van der Waals surface area (Å²) >= 11 is 6.21. The Bertz CT molecular complexity index is 662. The highest BCUT2D eigenvalue weighted by molar-refractivity contribution is 6.34. The van der Waals surface area contributed by atoms with E-state index in [1.807, 2.05) is 0 Å². The van der Waals surface area contributed by atoms with Gasteiger partial charge in [-0.05, 0) is 25.2 Å². The van der Waals surface area contributed by atoms with Gasteiger partial charge in [0.25, 0.3) is 0 Å². The van der Waals surface area contributed by atoms with Crippen molar-refractivity contribution in [1.29, 1.82) is 0 Å². The topological polar surface area (TPSA) is 47.6 Å². The van der Waals surface area contributed by atoms with Crippen molar-refractivity contribution in [3.8, 4) is 11.5 Å². The van der Waals surface area contributed by atoms with E-state index >= 15 is 0 Å². The summed E-state index contributed by atoms with van der Waals surface area (Å²) in [5, 5.41) is 3.38. The van der Waals surface area contributed by atoms with Crippen LogP contribution < -0.4 is 14.8 Å². The minimum Gasteiger partial charge on any atom is -0.454 e. The Morgan fingerprint density at radius 2 is 1.95 bits per heavy atom. The van der Waals surface area contributed by atoms with Gasteiger partial charge in [-0.15, -0.1) is 0 Å². The lowest BCUT2D eigenvalue weighted by molar-refractivity contribution is -0.118. The molecule has 0 radical (unpaired) electrons. The van der Waals surface area contributed by atoms with Crippen molar-refractivity contribution in [2.45, 2.75) is 27.7 Å². The maximum atomic E-state index is 12.6. The molecular formula is C17H20ClNO3. The van der Waals surface area contributed by atoms with Crippen LogP contribution in [0.5, 0.6) is 11.5 Å². The van der Waals surface area contributed by atoms with Crippen LogP contribution in [0, 0.1) is 17.3 Å². The Kier molecular flexibility index (Phi) is 3.60. The number of anilines is 1. The van der Waals surface area contributed by atoms with Crippen LogP contribution in [-0.4, -0.2) is 12.7 Å². The number of allylic oxidation sites excluding steroid dienone is 2. The molecule has 5 heteroatoms. The van der Waals surface area contributed by atoms with Crippen LogP contribution in [0.15, 0.2) is 23.8 Å². The van der Waals surface area contributed by atoms with E-state index in [-0.39, 0.29) is 30.0 Å². The normalized spacial score (nSPS) is 23.9. The third kappa shape index (κ3) is 2.56. The first-order valence-electron chi connectivity index (χ1n) is 7.35. The number of carbonyl (C=O) groups is 1. The van der Waals surface area contributed by atoms with E-state index < -0.39 is 0 Å². The number of fused-ring (bicyclic) bond motifs is 1. The molecule has 2 atom stereocenters. The molecule has 1 saturated carbocycles. The van der Waals surface area contributed by atoms with Crippen LogP contribution in [0.4, 0.5) is 5.69 Å². The van der Waals surface area contributed by atoms with Gasteiger partial charge in [-0.1, -0.05) is 37.1 Å². The van der Waals surface area contributed by atoms with E-state index in [0.29, 0.717) is 22.2 Å². The summed E-state index contributed by atoms with van der Waals surface area (Å²) in [5.41, 5.74) is 1.77. The summed E-state index contributed by atoms with van der Waals surface area (Å²) < 4.78 is 10.6. The van der Waals surface area contributed by atoms with Gasteiger partial charge in [0.1, 0.15) is 0 Å². The number of hydrogen-bond donors (Lipinski definition) is 1. The molecule has 1 aliphatic carbocycles. The fourth-order valence-corrected chi connectivity index (χ4v) is 3.27. The zero-order valence-corrected chi connectivity index (χ0v) is 14.0. The fourth-order valence-electron chi connectivity index (χ4n) is 3.07. The molecule has 0 bridgehead atoms. The van der Waals surface area contributed by atoms with Crippen molar-refractivity contribution in [3.63, 3.8) is 0 Å². The van der Waals surface area contributed by atoms with Crippen molar-refractivity contribution in [2.75, 3.05) is 12.1 Å². The Hall–Kier alpha value is -1.68. The van der Waals surface area contributed by atoms with Crippen LogP contribution in [0.1, 0.15) is 27.7 Å². The summed E-state index contributed by atoms with van der Waals surface area (Å²) in [6.45, 7) is 8.52. The Labute approximate surface area is 135 Å². The summed E-state index contributed by atoms with van der Waals surface area (Å²) in [4.78, 5) is 12.6. The van der Waals surface area contributed by atoms with Gasteiger partial charge in [-0.2, -0.15) is 0 Å². The average Bonchev–Trinajstić information content (AvgIpc) is 2.76. The number of carbonyl (C=O) groups excluding carboxylic acids is 1. The van der Waals surface area contributed by atoms with Crippen molar-refractivity contribution in [1.82, 2.24) is 0 Å². The van der Waals surface area contributed by atoms with E-state index in [2.05, 4.69) is 39.1 Å². The van der Waals surface area contributed by atoms with Crippen molar-refractivity contribution >= 4 is 23.2 Å². The number of rotatable bonds is 3. The second-order valence-corrected chi connectivity index (χ2v) is 7.15. The number of amides is 1. The molecule has 1 aromatic carbocycles. The Balaban J connectivity index is 1.77. The summed E-state index contributed by atoms with van der Waals surface area (Å²) in [6.07, 6.45) is 2.17. The molecule has 3 rings (SSSR count). The quantitative estimate of drug-likeness (QED) is 0.847. The molecule has 4 nitrogen and oxygen atoms in total. The van der Waals surface area contributed by atoms with Gasteiger partial charge >= 0.3 is 0 Å². The molecule has 118 valence electrons. The second kappa shape index (κ2) is 5.20. The van der Waals surface area contributed by atoms with Crippen LogP contribution >= 0.6 is 11.6 Å². The first-order chi connectivity index (χ1) is 10.3. The van der Waals surface area contributed by atoms with E-state index in [0.717, 1.165) is 0 Å². The number of hydrogen-bond acceptors (Lipinski definition) is 3. The van der Waals surface area contributed by atoms with E-state index in [1.165, 1.54) is 5.57 Å². The maximum absolute atomic E-state index is 12.6. The van der Waals surface area contributed by atoms with Crippen LogP contribution in [0.3, 0.4) is 0 Å². The van der Waals surface area contributed by atoms with Gasteiger partial charge < -0.3 is 14.8 Å². The van der Waals surface area contributed by atoms with Gasteiger partial charge in [-0.25, -0.2) is 0 Å². The van der Waals surface area contributed by atoms with Crippen LogP contribution in [-0.2, 0) is 4.79 Å². The molecule has 0 unspecified atom stereocenters. The lowest BCUT2D eigenvalue weighted by Gasteiger charge is -2.09. The summed E-state index contributed by atoms with van der Waals surface area (Å²) in [6, 6.07) is 3.39. The van der Waals surface area contributed by atoms with Gasteiger partial charge in [-0.3, -0.25) is 4.79 Å². The number of benzene rings is 1. The monoisotopic (exact) mass is 321 g/mol. The largest absolute Gasteiger partial charge is 0.454 e. The molecule has 0 saturated heterocycles. The van der Waals surface area contributed by atoms with Crippen LogP contribution in [0.25, 0.3) is 0 Å². The molecule has 1 aliphatic heterocycles. The average molecular weight is 322 g/mol. The molecule has 1 heterocycles. The molecule has 1 amide bonds. The predicted octanol–water partition coefficient (Wildman–Crippen LogP) is 4.25. The first-order valence-corrected chi connectivity index (χ1v) is 7.73. The number of ether oxygens (including phenoxy) is 2. The van der Waals surface area contributed by atoms with Gasteiger partial charge in [0, 0.05) is 12.1 Å². The minimum atomic E-state index is -0.0381. The van der Waals surface area contributed by atoms with Crippen molar-refractivity contribution in [2.24, 2.45) is 17.3 Å². The molecule has 2 aliphatic rings. The SMILES string of the molecule is CC(C)=C[C@@H]1[C@@H](C(=O)Nc2cc3c(cc2Cl)OCO3)C1(C)C. The Morgan fingerprint density at radius 1 is 1.32 bits per heavy atom. The Morgan fingerprint density at radius 3 is 2.59 bits per heavy atom. The minimum absolute atomic E-state index is 0.00624. The van der Waals surface area contributed by atoms with E-state index in [4.69, 9.17) is 21.1 Å². The zero-order chi connectivity index (χ0) is 16.1. The summed E-state index contributed by atoms with van der Waals surface area (Å²) in [5.74, 6) is 1.44. The van der Waals surface area contributed by atoms with Gasteiger partial charge in [0.2, 0.25) is 12.7 Å². The molecule has 1 aromatic rings. The molecule has 0 aromatic heterocycles. The first kappa shape index (κ1) is 15.2. The molecular weight excluding hydrogens is 302 g/mol. The van der Waals surface area contributed by atoms with E-state index in [1.54, 1.807) is 12.1 Å². The smallest absolute Gasteiger partial charge is 0.231 e. The molecule has 22 heavy (non-hydrogen) atoms. The van der Waals surface area contributed by atoms with Crippen LogP contribution in [0.2, 0.25) is 5.02 Å². The van der Waals surface area contributed by atoms with E-state index in [9.17, 15) is 4.79 Å². The lowest BCUT2D eigenvalue weighted by Crippen LogP contribution is -2.17. The zero-order valence-electron chi connectivity index (χ0n) is 13.2. The lowest BCUT2D eigenvalue weighted by atomic mass is 10.1. The third-order valence-corrected chi connectivity index (χ3v) is 4.74. The van der Waals surface area contributed by atoms with Gasteiger partial charge in [0.15, 0.2) is 11.5 Å². The highest BCUT2D eigenvalue weighted by atomic mass is 35.5. The van der Waals surface area contributed by atoms with Crippen molar-refractivity contribution in [3.05, 3.63) is 28.8 Å². The van der Waals surface area contributed by atoms with Gasteiger partial charge in [0.05, 0.1) is 16.6 Å². The molecule has 0 spiro atoms. The number of nitrogens with one attached hydrogen (secondary N) is 1. The summed E-state index contributed by atoms with van der Waals surface area (Å²) in [7, 11) is 0. The molecule has 1 fully saturated rings. The third-order valence-electron chi connectivity index (χ3n) is 4.43. The standard InChI is InChI=1S/C17H20ClNO3/c1-9(2)5-10-15(17(10,3)4)16(20)19-12-7-14-13(6-11(12)18)21-8-22-14/h5-7,10,15H,8H2,1-4H3,(H,19,20)/t10-,15+/m1/s1. The highest BCUT2D eigenvalue weighted by Gasteiger charge is 2.60.